The Labute approximate surface area is 153 Å². The van der Waals surface area contributed by atoms with Gasteiger partial charge >= 0.3 is 5.97 Å². The van der Waals surface area contributed by atoms with E-state index >= 15 is 0 Å². The summed E-state index contributed by atoms with van der Waals surface area (Å²) in [4.78, 5) is 24.3. The summed E-state index contributed by atoms with van der Waals surface area (Å²) in [7, 11) is 1.42. The van der Waals surface area contributed by atoms with Crippen LogP contribution in [0.3, 0.4) is 0 Å². The largest absolute Gasteiger partial charge is 0.496 e. The fraction of sp³-hybridized carbons (Fsp3) is 0.556. The SMILES string of the molecule is COc1cc(N)c(Cl)cc1C(=O)OCC(=O)NC1CCCCCCC1. The maximum absolute atomic E-state index is 12.2. The molecule has 1 aromatic carbocycles. The summed E-state index contributed by atoms with van der Waals surface area (Å²) < 4.78 is 10.2. The van der Waals surface area contributed by atoms with Gasteiger partial charge in [0.25, 0.3) is 5.91 Å². The van der Waals surface area contributed by atoms with Crippen molar-refractivity contribution in [3.63, 3.8) is 0 Å². The number of nitrogens with two attached hydrogens (primary N) is 1. The Balaban J connectivity index is 1.88. The van der Waals surface area contributed by atoms with Crippen LogP contribution in [0, 0.1) is 0 Å². The number of rotatable bonds is 5. The van der Waals surface area contributed by atoms with Gasteiger partial charge in [-0.2, -0.15) is 0 Å². The molecular weight excluding hydrogens is 344 g/mol. The normalized spacial score (nSPS) is 15.8. The first-order chi connectivity index (χ1) is 12.0. The number of nitrogens with one attached hydrogen (secondary N) is 1. The maximum Gasteiger partial charge on any atom is 0.342 e. The van der Waals surface area contributed by atoms with Gasteiger partial charge in [0.1, 0.15) is 11.3 Å². The van der Waals surface area contributed by atoms with Crippen molar-refractivity contribution in [3.05, 3.63) is 22.7 Å². The molecule has 2 rings (SSSR count). The van der Waals surface area contributed by atoms with Crippen molar-refractivity contribution in [1.82, 2.24) is 5.32 Å². The average Bonchev–Trinajstić information content (AvgIpc) is 2.57. The van der Waals surface area contributed by atoms with Crippen LogP contribution in [-0.2, 0) is 9.53 Å². The fourth-order valence-corrected chi connectivity index (χ4v) is 3.14. The number of amides is 1. The number of benzene rings is 1. The molecule has 138 valence electrons. The Morgan fingerprint density at radius 1 is 1.20 bits per heavy atom. The zero-order chi connectivity index (χ0) is 18.2. The highest BCUT2D eigenvalue weighted by Gasteiger charge is 2.19. The van der Waals surface area contributed by atoms with Crippen LogP contribution >= 0.6 is 11.6 Å². The highest BCUT2D eigenvalue weighted by Crippen LogP contribution is 2.29. The van der Waals surface area contributed by atoms with E-state index in [1.54, 1.807) is 0 Å². The lowest BCUT2D eigenvalue weighted by atomic mass is 9.97. The summed E-state index contributed by atoms with van der Waals surface area (Å²) in [5, 5.41) is 3.18. The van der Waals surface area contributed by atoms with Crippen LogP contribution in [0.4, 0.5) is 5.69 Å². The minimum absolute atomic E-state index is 0.139. The van der Waals surface area contributed by atoms with E-state index in [0.717, 1.165) is 25.7 Å². The van der Waals surface area contributed by atoms with Gasteiger partial charge in [0.05, 0.1) is 17.8 Å². The standard InChI is InChI=1S/C18H25ClN2O4/c1-24-16-10-15(20)14(19)9-13(16)18(23)25-11-17(22)21-12-7-5-3-2-4-6-8-12/h9-10,12H,2-8,11,20H2,1H3,(H,21,22). The number of halogens is 1. The van der Waals surface area contributed by atoms with Gasteiger partial charge in [0.2, 0.25) is 0 Å². The molecule has 1 aromatic rings. The number of carbonyl (C=O) groups excluding carboxylic acids is 2. The van der Waals surface area contributed by atoms with Crippen molar-refractivity contribution in [3.8, 4) is 5.75 Å². The topological polar surface area (TPSA) is 90.7 Å². The first-order valence-corrected chi connectivity index (χ1v) is 8.98. The zero-order valence-electron chi connectivity index (χ0n) is 14.5. The number of methoxy groups -OCH3 is 1. The summed E-state index contributed by atoms with van der Waals surface area (Å²) in [6, 6.07) is 2.99. The second-order valence-corrected chi connectivity index (χ2v) is 6.67. The molecule has 6 nitrogen and oxygen atoms in total. The lowest BCUT2D eigenvalue weighted by molar-refractivity contribution is -0.125. The molecule has 1 saturated carbocycles. The van der Waals surface area contributed by atoms with Crippen molar-refractivity contribution in [2.45, 2.75) is 51.0 Å². The molecule has 0 saturated heterocycles. The fourth-order valence-electron chi connectivity index (χ4n) is 2.98. The second-order valence-electron chi connectivity index (χ2n) is 6.26. The van der Waals surface area contributed by atoms with Gasteiger partial charge in [-0.15, -0.1) is 0 Å². The number of hydrogen-bond acceptors (Lipinski definition) is 5. The van der Waals surface area contributed by atoms with Crippen LogP contribution in [0.15, 0.2) is 12.1 Å². The molecule has 7 heteroatoms. The summed E-state index contributed by atoms with van der Waals surface area (Å²) >= 11 is 5.94. The molecule has 0 radical (unpaired) electrons. The number of nitrogen functional groups attached to an aromatic ring is 1. The van der Waals surface area contributed by atoms with Crippen LogP contribution in [0.25, 0.3) is 0 Å². The van der Waals surface area contributed by atoms with Gasteiger partial charge in [0.15, 0.2) is 6.61 Å². The van der Waals surface area contributed by atoms with Gasteiger partial charge in [-0.3, -0.25) is 4.79 Å². The third-order valence-corrected chi connectivity index (χ3v) is 4.67. The molecule has 0 atom stereocenters. The van der Waals surface area contributed by atoms with Crippen molar-refractivity contribution < 1.29 is 19.1 Å². The molecule has 1 amide bonds. The first kappa shape index (κ1) is 19.4. The molecule has 0 bridgehead atoms. The number of anilines is 1. The lowest BCUT2D eigenvalue weighted by Crippen LogP contribution is -2.38. The third kappa shape index (κ3) is 5.81. The molecule has 0 spiro atoms. The van der Waals surface area contributed by atoms with E-state index in [-0.39, 0.29) is 34.9 Å². The predicted octanol–water partition coefficient (Wildman–Crippen LogP) is 3.32. The van der Waals surface area contributed by atoms with E-state index in [4.69, 9.17) is 26.8 Å². The molecule has 3 N–H and O–H groups in total. The first-order valence-electron chi connectivity index (χ1n) is 8.60. The Morgan fingerprint density at radius 3 is 2.48 bits per heavy atom. The highest BCUT2D eigenvalue weighted by atomic mass is 35.5. The number of carbonyl (C=O) groups is 2. The predicted molar refractivity (Wildman–Crippen MR) is 96.9 cm³/mol. The Hall–Kier alpha value is -1.95. The van der Waals surface area contributed by atoms with Crippen molar-refractivity contribution in [2.24, 2.45) is 0 Å². The number of hydrogen-bond donors (Lipinski definition) is 2. The molecule has 1 aliphatic rings. The van der Waals surface area contributed by atoms with Crippen LogP contribution < -0.4 is 15.8 Å². The van der Waals surface area contributed by atoms with Crippen molar-refractivity contribution >= 4 is 29.2 Å². The molecule has 0 unspecified atom stereocenters. The molecule has 0 aliphatic heterocycles. The van der Waals surface area contributed by atoms with Crippen LogP contribution in [0.2, 0.25) is 5.02 Å². The Bertz CT molecular complexity index is 613. The molecular formula is C18H25ClN2O4. The Kier molecular flexibility index (Phi) is 7.37. The monoisotopic (exact) mass is 368 g/mol. The third-order valence-electron chi connectivity index (χ3n) is 4.34. The molecule has 1 fully saturated rings. The van der Waals surface area contributed by atoms with Gasteiger partial charge in [-0.1, -0.05) is 43.7 Å². The summed E-state index contributed by atoms with van der Waals surface area (Å²) in [6.45, 7) is -0.333. The molecule has 0 aromatic heterocycles. The smallest absolute Gasteiger partial charge is 0.342 e. The van der Waals surface area contributed by atoms with Gasteiger partial charge in [-0.25, -0.2) is 4.79 Å². The van der Waals surface area contributed by atoms with E-state index < -0.39 is 5.97 Å². The van der Waals surface area contributed by atoms with Crippen molar-refractivity contribution in [2.75, 3.05) is 19.5 Å². The number of esters is 1. The quantitative estimate of drug-likeness (QED) is 0.614. The minimum Gasteiger partial charge on any atom is -0.496 e. The summed E-state index contributed by atoms with van der Waals surface area (Å²) in [5.74, 6) is -0.710. The Morgan fingerprint density at radius 2 is 1.84 bits per heavy atom. The van der Waals surface area contributed by atoms with E-state index in [1.165, 1.54) is 38.5 Å². The van der Waals surface area contributed by atoms with Crippen LogP contribution in [-0.4, -0.2) is 31.6 Å². The molecule has 25 heavy (non-hydrogen) atoms. The van der Waals surface area contributed by atoms with Gasteiger partial charge in [-0.05, 0) is 18.9 Å². The molecule has 1 aliphatic carbocycles. The molecule has 0 heterocycles. The minimum atomic E-state index is -0.674. The van der Waals surface area contributed by atoms with Crippen LogP contribution in [0.1, 0.15) is 55.3 Å². The van der Waals surface area contributed by atoms with Gasteiger partial charge in [0, 0.05) is 12.1 Å². The highest BCUT2D eigenvalue weighted by molar-refractivity contribution is 6.33. The van der Waals surface area contributed by atoms with E-state index in [0.29, 0.717) is 5.69 Å². The lowest BCUT2D eigenvalue weighted by Gasteiger charge is -2.21. The van der Waals surface area contributed by atoms with Crippen molar-refractivity contribution in [1.29, 1.82) is 0 Å². The van der Waals surface area contributed by atoms with E-state index in [9.17, 15) is 9.59 Å². The zero-order valence-corrected chi connectivity index (χ0v) is 15.2. The summed E-state index contributed by atoms with van der Waals surface area (Å²) in [5.41, 5.74) is 6.13. The number of ether oxygens (including phenoxy) is 2. The average molecular weight is 369 g/mol. The van der Waals surface area contributed by atoms with E-state index in [2.05, 4.69) is 5.32 Å². The van der Waals surface area contributed by atoms with Gasteiger partial charge < -0.3 is 20.5 Å². The second kappa shape index (κ2) is 9.51. The summed E-state index contributed by atoms with van der Waals surface area (Å²) in [6.07, 6.45) is 7.86. The van der Waals surface area contributed by atoms with E-state index in [1.807, 2.05) is 0 Å². The van der Waals surface area contributed by atoms with Crippen LogP contribution in [0.5, 0.6) is 5.75 Å². The maximum atomic E-state index is 12.2.